The van der Waals surface area contributed by atoms with E-state index in [1.807, 2.05) is 37.8 Å². The molecular weight excluding hydrogens is 408 g/mol. The molecule has 4 fully saturated rings. The zero-order valence-electron chi connectivity index (χ0n) is 19.0. The summed E-state index contributed by atoms with van der Waals surface area (Å²) in [6.45, 7) is 9.37. The number of anilines is 1. The van der Waals surface area contributed by atoms with Crippen LogP contribution in [0.5, 0.6) is 0 Å². The number of likely N-dealkylation sites (tertiary alicyclic amines) is 2. The first kappa shape index (κ1) is 21.2. The van der Waals surface area contributed by atoms with Crippen molar-refractivity contribution in [2.45, 2.75) is 69.7 Å². The second-order valence-corrected chi connectivity index (χ2v) is 10.5. The van der Waals surface area contributed by atoms with E-state index in [4.69, 9.17) is 4.74 Å². The predicted octanol–water partition coefficient (Wildman–Crippen LogP) is 2.09. The standard InChI is InChI=1S/C24H32N4O4/c1-24(2,3)32-23(31)28-14-17-10-18(28)13-27(17)19-11-26(12-19)16-6-4-15(5-7-16)20-8-9-21(29)25-22(20)30/h4-7,17-20H,8-14H2,1-3H3,(H,25,29,30)/t17?,18-,20?/m1/s1. The molecule has 4 aliphatic rings. The number of carbonyl (C=O) groups excluding carboxylic acids is 3. The lowest BCUT2D eigenvalue weighted by Crippen LogP contribution is -2.63. The minimum Gasteiger partial charge on any atom is -0.444 e. The van der Waals surface area contributed by atoms with Gasteiger partial charge < -0.3 is 14.5 Å². The van der Waals surface area contributed by atoms with Gasteiger partial charge in [0, 0.05) is 56.4 Å². The van der Waals surface area contributed by atoms with Crippen LogP contribution in [0.4, 0.5) is 10.5 Å². The van der Waals surface area contributed by atoms with Gasteiger partial charge in [0.2, 0.25) is 11.8 Å². The van der Waals surface area contributed by atoms with Crippen molar-refractivity contribution in [1.82, 2.24) is 15.1 Å². The summed E-state index contributed by atoms with van der Waals surface area (Å²) in [6, 6.07) is 9.39. The van der Waals surface area contributed by atoms with Crippen molar-refractivity contribution in [2.24, 2.45) is 0 Å². The lowest BCUT2D eigenvalue weighted by atomic mass is 9.90. The monoisotopic (exact) mass is 440 g/mol. The van der Waals surface area contributed by atoms with Crippen LogP contribution in [0.3, 0.4) is 0 Å². The van der Waals surface area contributed by atoms with E-state index in [9.17, 15) is 14.4 Å². The molecule has 4 aliphatic heterocycles. The van der Waals surface area contributed by atoms with E-state index < -0.39 is 5.60 Å². The molecule has 0 aromatic heterocycles. The average Bonchev–Trinajstić information content (AvgIpc) is 3.27. The number of nitrogens with zero attached hydrogens (tertiary/aromatic N) is 3. The molecule has 1 aromatic carbocycles. The third-order valence-corrected chi connectivity index (χ3v) is 7.14. The van der Waals surface area contributed by atoms with Gasteiger partial charge in [-0.05, 0) is 51.3 Å². The van der Waals surface area contributed by atoms with Gasteiger partial charge in [0.05, 0.1) is 5.92 Å². The zero-order chi connectivity index (χ0) is 22.6. The van der Waals surface area contributed by atoms with Crippen molar-refractivity contribution in [2.75, 3.05) is 31.1 Å². The molecule has 5 rings (SSSR count). The largest absolute Gasteiger partial charge is 0.444 e. The van der Waals surface area contributed by atoms with Crippen molar-refractivity contribution in [3.63, 3.8) is 0 Å². The maximum absolute atomic E-state index is 12.5. The van der Waals surface area contributed by atoms with Crippen molar-refractivity contribution in [3.8, 4) is 0 Å². The molecule has 0 saturated carbocycles. The van der Waals surface area contributed by atoms with Crippen LogP contribution in [0.15, 0.2) is 24.3 Å². The first-order valence-electron chi connectivity index (χ1n) is 11.6. The van der Waals surface area contributed by atoms with Gasteiger partial charge in [-0.3, -0.25) is 19.8 Å². The van der Waals surface area contributed by atoms with E-state index >= 15 is 0 Å². The molecular formula is C24H32N4O4. The average molecular weight is 441 g/mol. The summed E-state index contributed by atoms with van der Waals surface area (Å²) in [6.07, 6.45) is 1.83. The van der Waals surface area contributed by atoms with Crippen LogP contribution in [0, 0.1) is 0 Å². The highest BCUT2D eigenvalue weighted by Crippen LogP contribution is 2.36. The lowest BCUT2D eigenvalue weighted by Gasteiger charge is -2.49. The topological polar surface area (TPSA) is 82.2 Å². The number of benzene rings is 1. The number of fused-ring (bicyclic) bond motifs is 2. The minimum atomic E-state index is -0.458. The van der Waals surface area contributed by atoms with Crippen LogP contribution >= 0.6 is 0 Å². The number of nitrogens with one attached hydrogen (secondary N) is 1. The van der Waals surface area contributed by atoms with E-state index in [-0.39, 0.29) is 29.9 Å². The Morgan fingerprint density at radius 2 is 1.72 bits per heavy atom. The summed E-state index contributed by atoms with van der Waals surface area (Å²) in [4.78, 5) is 42.8. The number of ether oxygens (including phenoxy) is 1. The maximum atomic E-state index is 12.5. The Kier molecular flexibility index (Phi) is 5.15. The summed E-state index contributed by atoms with van der Waals surface area (Å²) in [5.41, 5.74) is 1.67. The molecule has 0 radical (unpaired) electrons. The molecule has 1 aromatic rings. The molecule has 3 amide bonds. The molecule has 3 atom stereocenters. The summed E-state index contributed by atoms with van der Waals surface area (Å²) >= 11 is 0. The molecule has 4 saturated heterocycles. The Labute approximate surface area is 188 Å². The number of rotatable bonds is 3. The Bertz CT molecular complexity index is 919. The number of carbonyl (C=O) groups is 3. The van der Waals surface area contributed by atoms with Gasteiger partial charge in [-0.15, -0.1) is 0 Å². The van der Waals surface area contributed by atoms with Crippen molar-refractivity contribution >= 4 is 23.6 Å². The minimum absolute atomic E-state index is 0.181. The quantitative estimate of drug-likeness (QED) is 0.725. The molecule has 32 heavy (non-hydrogen) atoms. The lowest BCUT2D eigenvalue weighted by molar-refractivity contribution is -0.134. The molecule has 4 heterocycles. The van der Waals surface area contributed by atoms with Crippen molar-refractivity contribution in [3.05, 3.63) is 29.8 Å². The number of amides is 3. The van der Waals surface area contributed by atoms with E-state index in [0.29, 0.717) is 24.9 Å². The molecule has 8 nitrogen and oxygen atoms in total. The predicted molar refractivity (Wildman–Crippen MR) is 119 cm³/mol. The van der Waals surface area contributed by atoms with Crippen LogP contribution in [-0.2, 0) is 14.3 Å². The highest BCUT2D eigenvalue weighted by Gasteiger charge is 2.50. The Morgan fingerprint density at radius 1 is 1.00 bits per heavy atom. The molecule has 0 spiro atoms. The van der Waals surface area contributed by atoms with Crippen LogP contribution in [-0.4, -0.2) is 77.6 Å². The van der Waals surface area contributed by atoms with E-state index in [1.54, 1.807) is 0 Å². The number of hydrogen-bond donors (Lipinski definition) is 1. The van der Waals surface area contributed by atoms with E-state index in [2.05, 4.69) is 27.2 Å². The van der Waals surface area contributed by atoms with Gasteiger partial charge in [-0.25, -0.2) is 4.79 Å². The van der Waals surface area contributed by atoms with E-state index in [1.165, 1.54) is 0 Å². The van der Waals surface area contributed by atoms with Crippen LogP contribution in [0.2, 0.25) is 0 Å². The summed E-state index contributed by atoms with van der Waals surface area (Å²) in [5, 5.41) is 2.43. The van der Waals surface area contributed by atoms with Gasteiger partial charge in [-0.2, -0.15) is 0 Å². The molecule has 2 unspecified atom stereocenters. The normalized spacial score (nSPS) is 28.7. The van der Waals surface area contributed by atoms with Gasteiger partial charge in [0.1, 0.15) is 5.60 Å². The number of imide groups is 1. The van der Waals surface area contributed by atoms with E-state index in [0.717, 1.165) is 43.9 Å². The third-order valence-electron chi connectivity index (χ3n) is 7.14. The zero-order valence-corrected chi connectivity index (χ0v) is 19.0. The highest BCUT2D eigenvalue weighted by molar-refractivity contribution is 6.00. The highest BCUT2D eigenvalue weighted by atomic mass is 16.6. The number of hydrogen-bond acceptors (Lipinski definition) is 6. The smallest absolute Gasteiger partial charge is 0.410 e. The van der Waals surface area contributed by atoms with Crippen LogP contribution in [0.25, 0.3) is 0 Å². The Balaban J connectivity index is 1.13. The van der Waals surface area contributed by atoms with Crippen LogP contribution < -0.4 is 10.2 Å². The number of piperidine rings is 1. The molecule has 1 N–H and O–H groups in total. The fraction of sp³-hybridized carbons (Fsp3) is 0.625. The molecule has 8 heteroatoms. The second-order valence-electron chi connectivity index (χ2n) is 10.5. The molecule has 0 aliphatic carbocycles. The fourth-order valence-corrected chi connectivity index (χ4v) is 5.49. The van der Waals surface area contributed by atoms with Gasteiger partial charge in [-0.1, -0.05) is 12.1 Å². The summed E-state index contributed by atoms with van der Waals surface area (Å²) in [5.74, 6) is -0.610. The number of piperazine rings is 1. The first-order valence-corrected chi connectivity index (χ1v) is 11.6. The molecule has 172 valence electrons. The van der Waals surface area contributed by atoms with Gasteiger partial charge >= 0.3 is 6.09 Å². The Hall–Kier alpha value is -2.61. The summed E-state index contributed by atoms with van der Waals surface area (Å²) in [7, 11) is 0. The Morgan fingerprint density at radius 3 is 2.31 bits per heavy atom. The first-order chi connectivity index (χ1) is 15.2. The van der Waals surface area contributed by atoms with Crippen molar-refractivity contribution in [1.29, 1.82) is 0 Å². The maximum Gasteiger partial charge on any atom is 0.410 e. The molecule has 2 bridgehead atoms. The van der Waals surface area contributed by atoms with Gasteiger partial charge in [0.25, 0.3) is 0 Å². The second kappa shape index (κ2) is 7.76. The SMILES string of the molecule is CC(C)(C)OC(=O)N1CC2C[C@@H]1CN2C1CN(c2ccc(C3CCC(=O)NC3=O)cc2)C1. The fourth-order valence-electron chi connectivity index (χ4n) is 5.49. The van der Waals surface area contributed by atoms with Gasteiger partial charge in [0.15, 0.2) is 0 Å². The van der Waals surface area contributed by atoms with Crippen LogP contribution in [0.1, 0.15) is 51.5 Å². The third kappa shape index (κ3) is 3.96. The summed E-state index contributed by atoms with van der Waals surface area (Å²) < 4.78 is 5.57. The van der Waals surface area contributed by atoms with Crippen molar-refractivity contribution < 1.29 is 19.1 Å².